The van der Waals surface area contributed by atoms with Gasteiger partial charge in [-0.15, -0.1) is 0 Å². The van der Waals surface area contributed by atoms with Crippen LogP contribution in [0, 0.1) is 0 Å². The third-order valence-corrected chi connectivity index (χ3v) is 5.15. The molecule has 8 nitrogen and oxygen atoms in total. The highest BCUT2D eigenvalue weighted by atomic mass is 16.7. The molecule has 0 amide bonds. The van der Waals surface area contributed by atoms with Crippen LogP contribution in [0.1, 0.15) is 24.6 Å². The van der Waals surface area contributed by atoms with E-state index in [1.807, 2.05) is 30.3 Å². The maximum Gasteiger partial charge on any atom is 0.231 e. The van der Waals surface area contributed by atoms with Gasteiger partial charge in [0.2, 0.25) is 6.79 Å². The summed E-state index contributed by atoms with van der Waals surface area (Å²) < 4.78 is 22.1. The van der Waals surface area contributed by atoms with Crippen molar-refractivity contribution in [3.05, 3.63) is 42.4 Å². The van der Waals surface area contributed by atoms with Gasteiger partial charge in [-0.25, -0.2) is 0 Å². The van der Waals surface area contributed by atoms with Gasteiger partial charge in [0.05, 0.1) is 18.8 Å². The van der Waals surface area contributed by atoms with Gasteiger partial charge in [0.1, 0.15) is 18.1 Å². The Bertz CT molecular complexity index is 803. The normalized spacial score (nSPS) is 17.3. The predicted octanol–water partition coefficient (Wildman–Crippen LogP) is 2.39. The van der Waals surface area contributed by atoms with Gasteiger partial charge >= 0.3 is 0 Å². The third-order valence-electron chi connectivity index (χ3n) is 5.15. The van der Waals surface area contributed by atoms with E-state index in [0.717, 1.165) is 48.6 Å². The van der Waals surface area contributed by atoms with Crippen LogP contribution in [0.4, 0.5) is 0 Å². The SMILES string of the molecule is CN=C(NCCOc1ccc2c(c1)OCO2)NCC(c1ccco1)N1CCCC1. The van der Waals surface area contributed by atoms with Gasteiger partial charge in [-0.3, -0.25) is 9.89 Å². The van der Waals surface area contributed by atoms with Crippen LogP contribution in [0.15, 0.2) is 46.0 Å². The number of nitrogens with one attached hydrogen (secondary N) is 2. The monoisotopic (exact) mass is 400 g/mol. The summed E-state index contributed by atoms with van der Waals surface area (Å²) in [6.07, 6.45) is 4.21. The summed E-state index contributed by atoms with van der Waals surface area (Å²) in [6.45, 7) is 4.33. The molecule has 0 saturated carbocycles. The lowest BCUT2D eigenvalue weighted by molar-refractivity contribution is 0.173. The molecule has 29 heavy (non-hydrogen) atoms. The minimum absolute atomic E-state index is 0.205. The largest absolute Gasteiger partial charge is 0.492 e. The Balaban J connectivity index is 1.23. The highest BCUT2D eigenvalue weighted by molar-refractivity contribution is 5.79. The molecule has 1 saturated heterocycles. The van der Waals surface area contributed by atoms with Crippen molar-refractivity contribution < 1.29 is 18.6 Å². The van der Waals surface area contributed by atoms with Crippen molar-refractivity contribution in [2.75, 3.05) is 46.6 Å². The number of hydrogen-bond acceptors (Lipinski definition) is 6. The minimum Gasteiger partial charge on any atom is -0.492 e. The van der Waals surface area contributed by atoms with Crippen LogP contribution in [-0.2, 0) is 0 Å². The topological polar surface area (TPSA) is 80.5 Å². The molecular formula is C21H28N4O4. The minimum atomic E-state index is 0.205. The van der Waals surface area contributed by atoms with Gasteiger partial charge in [-0.2, -0.15) is 0 Å². The molecule has 1 aromatic carbocycles. The van der Waals surface area contributed by atoms with E-state index in [0.29, 0.717) is 13.2 Å². The fraction of sp³-hybridized carbons (Fsp3) is 0.476. The first-order valence-corrected chi connectivity index (χ1v) is 10.1. The van der Waals surface area contributed by atoms with Crippen LogP contribution < -0.4 is 24.8 Å². The average Bonchev–Trinajstić information content (AvgIpc) is 3.52. The number of rotatable bonds is 8. The summed E-state index contributed by atoms with van der Waals surface area (Å²) in [7, 11) is 1.77. The second-order valence-corrected chi connectivity index (χ2v) is 7.02. The van der Waals surface area contributed by atoms with Gasteiger partial charge in [0.15, 0.2) is 17.5 Å². The first kappa shape index (κ1) is 19.4. The van der Waals surface area contributed by atoms with Gasteiger partial charge in [-0.1, -0.05) is 0 Å². The second-order valence-electron chi connectivity index (χ2n) is 7.02. The zero-order valence-corrected chi connectivity index (χ0v) is 16.7. The standard InChI is InChI=1S/C21H28N4O4/c1-22-21(23-8-12-26-16-6-7-19-20(13-16)29-15-28-19)24-14-17(18-5-4-11-27-18)25-9-2-3-10-25/h4-7,11,13,17H,2-3,8-10,12,14-15H2,1H3,(H2,22,23,24). The molecule has 0 radical (unpaired) electrons. The Kier molecular flexibility index (Phi) is 6.41. The summed E-state index contributed by atoms with van der Waals surface area (Å²) in [4.78, 5) is 6.77. The van der Waals surface area contributed by atoms with Crippen LogP contribution in [0.2, 0.25) is 0 Å². The molecule has 156 valence electrons. The zero-order chi connectivity index (χ0) is 19.9. The second kappa shape index (κ2) is 9.56. The Morgan fingerprint density at radius 2 is 2.03 bits per heavy atom. The first-order valence-electron chi connectivity index (χ1n) is 10.1. The van der Waals surface area contributed by atoms with Crippen molar-refractivity contribution >= 4 is 5.96 Å². The molecule has 0 bridgehead atoms. The van der Waals surface area contributed by atoms with Gasteiger partial charge in [-0.05, 0) is 50.2 Å². The van der Waals surface area contributed by atoms with Gasteiger partial charge in [0, 0.05) is 19.7 Å². The number of nitrogens with zero attached hydrogens (tertiary/aromatic N) is 2. The molecule has 8 heteroatoms. The van der Waals surface area contributed by atoms with E-state index in [2.05, 4.69) is 20.5 Å². The fourth-order valence-electron chi connectivity index (χ4n) is 3.66. The molecular weight excluding hydrogens is 372 g/mol. The molecule has 4 rings (SSSR count). The van der Waals surface area contributed by atoms with Crippen molar-refractivity contribution in [2.24, 2.45) is 4.99 Å². The van der Waals surface area contributed by atoms with E-state index in [9.17, 15) is 0 Å². The highest BCUT2D eigenvalue weighted by Gasteiger charge is 2.25. The summed E-state index contributed by atoms with van der Waals surface area (Å²) in [5.41, 5.74) is 0. The quantitative estimate of drug-likeness (QED) is 0.400. The molecule has 2 aliphatic rings. The molecule has 2 N–H and O–H groups in total. The summed E-state index contributed by atoms with van der Waals surface area (Å²) >= 11 is 0. The van der Waals surface area contributed by atoms with Crippen molar-refractivity contribution in [1.29, 1.82) is 0 Å². The van der Waals surface area contributed by atoms with E-state index in [-0.39, 0.29) is 12.8 Å². The van der Waals surface area contributed by atoms with E-state index in [1.54, 1.807) is 13.3 Å². The molecule has 2 aromatic rings. The van der Waals surface area contributed by atoms with Crippen molar-refractivity contribution in [3.8, 4) is 17.2 Å². The van der Waals surface area contributed by atoms with Crippen LogP contribution in [-0.4, -0.2) is 57.5 Å². The Labute approximate surface area is 170 Å². The first-order chi connectivity index (χ1) is 14.3. The number of hydrogen-bond donors (Lipinski definition) is 2. The molecule has 3 heterocycles. The molecule has 1 fully saturated rings. The molecule has 1 aromatic heterocycles. The number of furan rings is 1. The van der Waals surface area contributed by atoms with Crippen LogP contribution >= 0.6 is 0 Å². The van der Waals surface area contributed by atoms with Crippen LogP contribution in [0.5, 0.6) is 17.2 Å². The zero-order valence-electron chi connectivity index (χ0n) is 16.7. The average molecular weight is 400 g/mol. The van der Waals surface area contributed by atoms with Crippen molar-refractivity contribution in [2.45, 2.75) is 18.9 Å². The molecule has 0 aliphatic carbocycles. The number of guanidine groups is 1. The summed E-state index contributed by atoms with van der Waals surface area (Å²) in [5, 5.41) is 6.70. The van der Waals surface area contributed by atoms with Crippen LogP contribution in [0.3, 0.4) is 0 Å². The number of benzene rings is 1. The van der Waals surface area contributed by atoms with Crippen molar-refractivity contribution in [1.82, 2.24) is 15.5 Å². The Hall–Kier alpha value is -2.87. The van der Waals surface area contributed by atoms with E-state index >= 15 is 0 Å². The third kappa shape index (κ3) is 4.95. The number of ether oxygens (including phenoxy) is 3. The lowest BCUT2D eigenvalue weighted by atomic mass is 10.2. The van der Waals surface area contributed by atoms with E-state index in [1.165, 1.54) is 12.8 Å². The molecule has 2 aliphatic heterocycles. The maximum absolute atomic E-state index is 5.79. The lowest BCUT2D eigenvalue weighted by Crippen LogP contribution is -2.43. The summed E-state index contributed by atoms with van der Waals surface area (Å²) in [6, 6.07) is 9.78. The predicted molar refractivity (Wildman–Crippen MR) is 110 cm³/mol. The number of fused-ring (bicyclic) bond motifs is 1. The smallest absolute Gasteiger partial charge is 0.231 e. The van der Waals surface area contributed by atoms with Gasteiger partial charge < -0.3 is 29.3 Å². The maximum atomic E-state index is 5.79. The highest BCUT2D eigenvalue weighted by Crippen LogP contribution is 2.35. The Morgan fingerprint density at radius 3 is 2.83 bits per heavy atom. The van der Waals surface area contributed by atoms with Crippen LogP contribution in [0.25, 0.3) is 0 Å². The van der Waals surface area contributed by atoms with Crippen molar-refractivity contribution in [3.63, 3.8) is 0 Å². The molecule has 0 spiro atoms. The number of likely N-dealkylation sites (tertiary alicyclic amines) is 1. The molecule has 1 atom stereocenters. The summed E-state index contributed by atoms with van der Waals surface area (Å²) in [5.74, 6) is 3.96. The number of aliphatic imine (C=N–C) groups is 1. The Morgan fingerprint density at radius 1 is 1.17 bits per heavy atom. The van der Waals surface area contributed by atoms with E-state index < -0.39 is 0 Å². The lowest BCUT2D eigenvalue weighted by Gasteiger charge is -2.26. The van der Waals surface area contributed by atoms with E-state index in [4.69, 9.17) is 18.6 Å². The molecule has 1 unspecified atom stereocenters. The van der Waals surface area contributed by atoms with Gasteiger partial charge in [0.25, 0.3) is 0 Å². The fourth-order valence-corrected chi connectivity index (χ4v) is 3.66.